The van der Waals surface area contributed by atoms with Crippen molar-refractivity contribution in [1.82, 2.24) is 4.98 Å². The van der Waals surface area contributed by atoms with E-state index in [1.807, 2.05) is 81.4 Å². The molecule has 1 N–H and O–H groups in total. The summed E-state index contributed by atoms with van der Waals surface area (Å²) in [5, 5.41) is 4.01. The number of hydrogen-bond acceptors (Lipinski definition) is 7. The van der Waals surface area contributed by atoms with Gasteiger partial charge in [-0.05, 0) is 43.7 Å². The fourth-order valence-electron chi connectivity index (χ4n) is 2.90. The van der Waals surface area contributed by atoms with Gasteiger partial charge in [-0.1, -0.05) is 35.6 Å². The molecule has 0 spiro atoms. The summed E-state index contributed by atoms with van der Waals surface area (Å²) in [5.74, 6) is -0.649. The summed E-state index contributed by atoms with van der Waals surface area (Å²) in [7, 11) is 0.510. The van der Waals surface area contributed by atoms with Gasteiger partial charge < -0.3 is 19.3 Å². The first kappa shape index (κ1) is 20.8. The van der Waals surface area contributed by atoms with Crippen molar-refractivity contribution in [2.75, 3.05) is 37.5 Å². The van der Waals surface area contributed by atoms with Crippen LogP contribution in [0.25, 0.3) is 10.2 Å². The molecule has 8 heteroatoms. The molecule has 0 saturated heterocycles. The van der Waals surface area contributed by atoms with Gasteiger partial charge in [-0.3, -0.25) is 4.57 Å². The Morgan fingerprint density at radius 1 is 1.07 bits per heavy atom. The third-order valence-corrected chi connectivity index (χ3v) is 7.48. The Balaban J connectivity index is 2.00. The quantitative estimate of drug-likeness (QED) is 0.446. The minimum atomic E-state index is -3.46. The van der Waals surface area contributed by atoms with Gasteiger partial charge in [0, 0.05) is 19.8 Å². The van der Waals surface area contributed by atoms with Gasteiger partial charge in [0.15, 0.2) is 10.9 Å². The lowest BCUT2D eigenvalue weighted by molar-refractivity contribution is 0.214. The van der Waals surface area contributed by atoms with Crippen molar-refractivity contribution in [2.24, 2.45) is 0 Å². The molecule has 0 aliphatic carbocycles. The van der Waals surface area contributed by atoms with E-state index in [4.69, 9.17) is 9.05 Å². The van der Waals surface area contributed by atoms with Crippen LogP contribution in [0, 0.1) is 0 Å². The van der Waals surface area contributed by atoms with Crippen LogP contribution in [0.4, 0.5) is 10.8 Å². The second-order valence-electron chi connectivity index (χ2n) is 6.39. The van der Waals surface area contributed by atoms with E-state index in [0.29, 0.717) is 18.3 Å². The Morgan fingerprint density at radius 2 is 1.71 bits per heavy atom. The average Bonchev–Trinajstić information content (AvgIpc) is 3.09. The molecule has 6 nitrogen and oxygen atoms in total. The van der Waals surface area contributed by atoms with E-state index in [1.54, 1.807) is 0 Å². The van der Waals surface area contributed by atoms with Gasteiger partial charge in [-0.25, -0.2) is 4.98 Å². The summed E-state index contributed by atoms with van der Waals surface area (Å²) >= 11 is 1.52. The van der Waals surface area contributed by atoms with E-state index in [9.17, 15) is 4.57 Å². The van der Waals surface area contributed by atoms with E-state index >= 15 is 0 Å². The Bertz CT molecular complexity index is 916. The molecule has 0 radical (unpaired) electrons. The Kier molecular flexibility index (Phi) is 6.73. The molecular weight excluding hydrogens is 393 g/mol. The second-order valence-corrected chi connectivity index (χ2v) is 9.54. The number of fused-ring (bicyclic) bond motifs is 1. The zero-order valence-electron chi connectivity index (χ0n) is 16.6. The Hall–Kier alpha value is -1.92. The maximum atomic E-state index is 13.6. The van der Waals surface area contributed by atoms with Crippen LogP contribution in [0.1, 0.15) is 25.2 Å². The van der Waals surface area contributed by atoms with Gasteiger partial charge in [-0.2, -0.15) is 0 Å². The van der Waals surface area contributed by atoms with Crippen molar-refractivity contribution in [3.63, 3.8) is 0 Å². The van der Waals surface area contributed by atoms with Crippen LogP contribution in [-0.2, 0) is 13.6 Å². The molecule has 1 atom stereocenters. The fourth-order valence-corrected chi connectivity index (χ4v) is 5.79. The van der Waals surface area contributed by atoms with Gasteiger partial charge in [0.2, 0.25) is 0 Å². The number of nitrogens with zero attached hydrogens (tertiary/aromatic N) is 2. The molecule has 1 heterocycles. The van der Waals surface area contributed by atoms with Crippen LogP contribution in [0.3, 0.4) is 0 Å². The van der Waals surface area contributed by atoms with E-state index in [0.717, 1.165) is 21.5 Å². The number of para-hydroxylation sites is 1. The number of benzene rings is 2. The molecule has 0 aliphatic rings. The molecule has 1 aromatic heterocycles. The Labute approximate surface area is 170 Å². The van der Waals surface area contributed by atoms with Gasteiger partial charge in [0.05, 0.1) is 23.4 Å². The number of nitrogens with one attached hydrogen (secondary N) is 1. The third-order valence-electron chi connectivity index (χ3n) is 4.21. The molecule has 0 saturated carbocycles. The molecular formula is C20H26N3O3PS. The predicted octanol–water partition coefficient (Wildman–Crippen LogP) is 5.74. The number of rotatable bonds is 9. The second kappa shape index (κ2) is 9.05. The van der Waals surface area contributed by atoms with Gasteiger partial charge in [0.1, 0.15) is 0 Å². The van der Waals surface area contributed by atoms with Gasteiger partial charge in [0.25, 0.3) is 0 Å². The smallest absolute Gasteiger partial charge is 0.357 e. The minimum absolute atomic E-state index is 0.297. The van der Waals surface area contributed by atoms with Crippen molar-refractivity contribution in [1.29, 1.82) is 0 Å². The van der Waals surface area contributed by atoms with Crippen LogP contribution >= 0.6 is 18.9 Å². The maximum Gasteiger partial charge on any atom is 0.357 e. The highest BCUT2D eigenvalue weighted by atomic mass is 32.1. The molecule has 0 fully saturated rings. The normalized spacial score (nSPS) is 12.9. The van der Waals surface area contributed by atoms with E-state index in [2.05, 4.69) is 10.3 Å². The molecule has 150 valence electrons. The van der Waals surface area contributed by atoms with E-state index in [-0.39, 0.29) is 0 Å². The average molecular weight is 419 g/mol. The minimum Gasteiger partial charge on any atom is -0.378 e. The zero-order valence-corrected chi connectivity index (χ0v) is 18.3. The van der Waals surface area contributed by atoms with Crippen LogP contribution in [0.2, 0.25) is 0 Å². The van der Waals surface area contributed by atoms with Crippen molar-refractivity contribution in [3.05, 3.63) is 54.1 Å². The van der Waals surface area contributed by atoms with Crippen molar-refractivity contribution < 1.29 is 13.6 Å². The summed E-state index contributed by atoms with van der Waals surface area (Å²) in [5.41, 5.74) is 2.79. The third kappa shape index (κ3) is 4.55. The van der Waals surface area contributed by atoms with Crippen LogP contribution in [0.5, 0.6) is 0 Å². The molecule has 1 unspecified atom stereocenters. The first-order valence-electron chi connectivity index (χ1n) is 9.25. The fraction of sp³-hybridized carbons (Fsp3) is 0.350. The van der Waals surface area contributed by atoms with Crippen LogP contribution in [-0.4, -0.2) is 32.3 Å². The van der Waals surface area contributed by atoms with Gasteiger partial charge >= 0.3 is 7.60 Å². The number of aromatic nitrogens is 1. The standard InChI is InChI=1S/C20H26N3O3PS/c1-5-25-27(24,26-6-2)19(15-11-13-16(14-12-15)23(3)4)22-20-21-17-9-7-8-10-18(17)28-20/h7-14,19H,5-6H2,1-4H3,(H,21,22). The van der Waals surface area contributed by atoms with Crippen LogP contribution in [0.15, 0.2) is 48.5 Å². The molecule has 0 bridgehead atoms. The lowest BCUT2D eigenvalue weighted by Crippen LogP contribution is -2.15. The molecule has 0 aliphatic heterocycles. The molecule has 3 aromatic rings. The summed E-state index contributed by atoms with van der Waals surface area (Å²) in [6.45, 7) is 4.22. The number of hydrogen-bond donors (Lipinski definition) is 1. The van der Waals surface area contributed by atoms with Crippen molar-refractivity contribution in [2.45, 2.75) is 19.6 Å². The van der Waals surface area contributed by atoms with Crippen molar-refractivity contribution in [3.8, 4) is 0 Å². The number of anilines is 2. The predicted molar refractivity (Wildman–Crippen MR) is 118 cm³/mol. The topological polar surface area (TPSA) is 63.7 Å². The highest BCUT2D eigenvalue weighted by Gasteiger charge is 2.37. The van der Waals surface area contributed by atoms with Crippen molar-refractivity contribution >= 4 is 40.0 Å². The largest absolute Gasteiger partial charge is 0.378 e. The van der Waals surface area contributed by atoms with Crippen LogP contribution < -0.4 is 10.2 Å². The highest BCUT2D eigenvalue weighted by Crippen LogP contribution is 2.61. The van der Waals surface area contributed by atoms with E-state index < -0.39 is 13.4 Å². The first-order chi connectivity index (χ1) is 13.5. The Morgan fingerprint density at radius 3 is 2.29 bits per heavy atom. The lowest BCUT2D eigenvalue weighted by Gasteiger charge is -2.27. The SMILES string of the molecule is CCOP(=O)(OCC)C(Nc1nc2ccccc2s1)c1ccc(N(C)C)cc1. The lowest BCUT2D eigenvalue weighted by atomic mass is 10.2. The maximum absolute atomic E-state index is 13.6. The summed E-state index contributed by atoms with van der Waals surface area (Å²) in [6, 6.07) is 15.8. The highest BCUT2D eigenvalue weighted by molar-refractivity contribution is 7.54. The number of thiazole rings is 1. The van der Waals surface area contributed by atoms with Gasteiger partial charge in [-0.15, -0.1) is 0 Å². The summed E-state index contributed by atoms with van der Waals surface area (Å²) in [4.78, 5) is 6.64. The molecule has 3 rings (SSSR count). The zero-order chi connectivity index (χ0) is 20.1. The summed E-state index contributed by atoms with van der Waals surface area (Å²) < 4.78 is 26.0. The molecule has 2 aromatic carbocycles. The molecule has 28 heavy (non-hydrogen) atoms. The summed E-state index contributed by atoms with van der Waals surface area (Å²) in [6.07, 6.45) is 0. The first-order valence-corrected chi connectivity index (χ1v) is 11.7. The van der Waals surface area contributed by atoms with E-state index in [1.165, 1.54) is 11.3 Å². The monoisotopic (exact) mass is 419 g/mol. The molecule has 0 amide bonds.